The predicted octanol–water partition coefficient (Wildman–Crippen LogP) is 3.15. The van der Waals surface area contributed by atoms with Crippen LogP contribution in [0.3, 0.4) is 0 Å². The topological polar surface area (TPSA) is 29.9 Å². The zero-order valence-electron chi connectivity index (χ0n) is 11.3. The number of nitrogens with one attached hydrogen (secondary N) is 1. The van der Waals surface area contributed by atoms with Gasteiger partial charge in [0.25, 0.3) is 0 Å². The van der Waals surface area contributed by atoms with Gasteiger partial charge < -0.3 is 5.32 Å². The second-order valence-corrected chi connectivity index (χ2v) is 5.36. The van der Waals surface area contributed by atoms with E-state index in [1.807, 2.05) is 23.1 Å². The summed E-state index contributed by atoms with van der Waals surface area (Å²) in [6.45, 7) is 2.07. The van der Waals surface area contributed by atoms with Crippen molar-refractivity contribution in [2.75, 3.05) is 6.54 Å². The fraction of sp³-hybridized carbons (Fsp3) is 0.438. The first-order valence-corrected chi connectivity index (χ1v) is 7.22. The number of rotatable bonds is 5. The second-order valence-electron chi connectivity index (χ2n) is 5.36. The van der Waals surface area contributed by atoms with Gasteiger partial charge in [-0.1, -0.05) is 31.0 Å². The average Bonchev–Trinajstić information content (AvgIpc) is 3.12. The molecule has 2 aromatic rings. The second kappa shape index (κ2) is 6.02. The molecule has 100 valence electrons. The van der Waals surface area contributed by atoms with E-state index in [-0.39, 0.29) is 0 Å². The summed E-state index contributed by atoms with van der Waals surface area (Å²) in [5.41, 5.74) is 2.48. The molecule has 1 heterocycles. The third-order valence-electron chi connectivity index (χ3n) is 3.97. The third kappa shape index (κ3) is 3.04. The molecule has 1 N–H and O–H groups in total. The van der Waals surface area contributed by atoms with Crippen LogP contribution in [0, 0.1) is 5.92 Å². The Morgan fingerprint density at radius 2 is 2.00 bits per heavy atom. The Bertz CT molecular complexity index is 498. The highest BCUT2D eigenvalue weighted by Crippen LogP contribution is 2.24. The van der Waals surface area contributed by atoms with E-state index in [9.17, 15) is 0 Å². The summed E-state index contributed by atoms with van der Waals surface area (Å²) in [5, 5.41) is 7.93. The molecular weight excluding hydrogens is 234 g/mol. The van der Waals surface area contributed by atoms with Gasteiger partial charge in [-0.15, -0.1) is 0 Å². The van der Waals surface area contributed by atoms with Crippen LogP contribution in [0.4, 0.5) is 0 Å². The van der Waals surface area contributed by atoms with Crippen molar-refractivity contribution in [1.82, 2.24) is 15.1 Å². The average molecular weight is 255 g/mol. The maximum Gasteiger partial charge on any atom is 0.0690 e. The Morgan fingerprint density at radius 1 is 1.16 bits per heavy atom. The van der Waals surface area contributed by atoms with E-state index in [1.54, 1.807) is 0 Å². The lowest BCUT2D eigenvalue weighted by atomic mass is 10.1. The molecule has 3 nitrogen and oxygen atoms in total. The Labute approximate surface area is 114 Å². The Kier molecular flexibility index (Phi) is 3.94. The van der Waals surface area contributed by atoms with E-state index in [2.05, 4.69) is 34.7 Å². The molecule has 3 heteroatoms. The molecule has 1 aliphatic carbocycles. The van der Waals surface area contributed by atoms with Gasteiger partial charge in [0.15, 0.2) is 0 Å². The quantitative estimate of drug-likeness (QED) is 0.889. The van der Waals surface area contributed by atoms with Crippen molar-refractivity contribution >= 4 is 0 Å². The van der Waals surface area contributed by atoms with Gasteiger partial charge in [0.05, 0.1) is 5.69 Å². The van der Waals surface area contributed by atoms with Gasteiger partial charge in [0.1, 0.15) is 0 Å². The molecule has 0 amide bonds. The molecule has 0 atom stereocenters. The lowest BCUT2D eigenvalue weighted by Gasteiger charge is -2.13. The van der Waals surface area contributed by atoms with Crippen molar-refractivity contribution < 1.29 is 0 Å². The summed E-state index contributed by atoms with van der Waals surface area (Å²) in [5.74, 6) is 0.886. The molecular formula is C16H21N3. The summed E-state index contributed by atoms with van der Waals surface area (Å²) in [7, 11) is 0. The molecule has 0 aliphatic heterocycles. The molecule has 0 spiro atoms. The third-order valence-corrected chi connectivity index (χ3v) is 3.97. The first kappa shape index (κ1) is 12.4. The minimum Gasteiger partial charge on any atom is -0.312 e. The SMILES string of the molecule is c1ccc(-n2cccn2)c(CNCC2CCCC2)c1. The van der Waals surface area contributed by atoms with Crippen LogP contribution in [-0.4, -0.2) is 16.3 Å². The molecule has 0 radical (unpaired) electrons. The van der Waals surface area contributed by atoms with Gasteiger partial charge in [-0.2, -0.15) is 5.10 Å². The van der Waals surface area contributed by atoms with Crippen molar-refractivity contribution in [2.45, 2.75) is 32.2 Å². The maximum atomic E-state index is 4.32. The van der Waals surface area contributed by atoms with Crippen LogP contribution in [-0.2, 0) is 6.54 Å². The zero-order chi connectivity index (χ0) is 12.9. The van der Waals surface area contributed by atoms with E-state index in [0.29, 0.717) is 0 Å². The normalized spacial score (nSPS) is 16.0. The van der Waals surface area contributed by atoms with Gasteiger partial charge in [0, 0.05) is 18.9 Å². The molecule has 19 heavy (non-hydrogen) atoms. The minimum atomic E-state index is 0.886. The van der Waals surface area contributed by atoms with Gasteiger partial charge in [-0.25, -0.2) is 4.68 Å². The number of hydrogen-bond donors (Lipinski definition) is 1. The predicted molar refractivity (Wildman–Crippen MR) is 77.2 cm³/mol. The lowest BCUT2D eigenvalue weighted by Crippen LogP contribution is -2.21. The molecule has 0 saturated heterocycles. The molecule has 1 aromatic heterocycles. The highest BCUT2D eigenvalue weighted by atomic mass is 15.3. The summed E-state index contributed by atoms with van der Waals surface area (Å²) in [6, 6.07) is 10.4. The molecule has 0 unspecified atom stereocenters. The van der Waals surface area contributed by atoms with E-state index >= 15 is 0 Å². The molecule has 1 fully saturated rings. The van der Waals surface area contributed by atoms with Gasteiger partial charge >= 0.3 is 0 Å². The molecule has 1 aliphatic rings. The minimum absolute atomic E-state index is 0.886. The number of hydrogen-bond acceptors (Lipinski definition) is 2. The fourth-order valence-electron chi connectivity index (χ4n) is 2.92. The van der Waals surface area contributed by atoms with Gasteiger partial charge in [0.2, 0.25) is 0 Å². The van der Waals surface area contributed by atoms with Crippen LogP contribution in [0.5, 0.6) is 0 Å². The summed E-state index contributed by atoms with van der Waals surface area (Å²) < 4.78 is 1.94. The number of nitrogens with zero attached hydrogens (tertiary/aromatic N) is 2. The molecule has 3 rings (SSSR count). The highest BCUT2D eigenvalue weighted by Gasteiger charge is 2.14. The first-order chi connectivity index (χ1) is 9.43. The van der Waals surface area contributed by atoms with Crippen LogP contribution in [0.1, 0.15) is 31.2 Å². The summed E-state index contributed by atoms with van der Waals surface area (Å²) in [6.07, 6.45) is 9.44. The fourth-order valence-corrected chi connectivity index (χ4v) is 2.92. The van der Waals surface area contributed by atoms with Gasteiger partial charge in [-0.05, 0) is 43.0 Å². The van der Waals surface area contributed by atoms with E-state index < -0.39 is 0 Å². The van der Waals surface area contributed by atoms with Crippen LogP contribution in [0.25, 0.3) is 5.69 Å². The van der Waals surface area contributed by atoms with Crippen molar-refractivity contribution in [3.05, 3.63) is 48.3 Å². The van der Waals surface area contributed by atoms with Crippen molar-refractivity contribution in [3.8, 4) is 5.69 Å². The van der Waals surface area contributed by atoms with Crippen molar-refractivity contribution in [3.63, 3.8) is 0 Å². The smallest absolute Gasteiger partial charge is 0.0690 e. The lowest BCUT2D eigenvalue weighted by molar-refractivity contribution is 0.489. The van der Waals surface area contributed by atoms with Crippen LogP contribution < -0.4 is 5.32 Å². The monoisotopic (exact) mass is 255 g/mol. The Balaban J connectivity index is 1.64. The van der Waals surface area contributed by atoms with Crippen molar-refractivity contribution in [2.24, 2.45) is 5.92 Å². The standard InChI is InChI=1S/C16H21N3/c1-2-7-14(6-1)12-17-13-15-8-3-4-9-16(15)19-11-5-10-18-19/h3-5,8-11,14,17H,1-2,6-7,12-13H2. The van der Waals surface area contributed by atoms with E-state index in [1.165, 1.54) is 36.9 Å². The van der Waals surface area contributed by atoms with Crippen LogP contribution >= 0.6 is 0 Å². The number of para-hydroxylation sites is 1. The largest absolute Gasteiger partial charge is 0.312 e. The Hall–Kier alpha value is -1.61. The summed E-state index contributed by atoms with van der Waals surface area (Å²) >= 11 is 0. The number of benzene rings is 1. The highest BCUT2D eigenvalue weighted by molar-refractivity contribution is 5.40. The van der Waals surface area contributed by atoms with Crippen LogP contribution in [0.2, 0.25) is 0 Å². The van der Waals surface area contributed by atoms with Gasteiger partial charge in [-0.3, -0.25) is 0 Å². The maximum absolute atomic E-state index is 4.32. The van der Waals surface area contributed by atoms with E-state index in [0.717, 1.165) is 19.0 Å². The zero-order valence-corrected chi connectivity index (χ0v) is 11.3. The van der Waals surface area contributed by atoms with Crippen LogP contribution in [0.15, 0.2) is 42.7 Å². The van der Waals surface area contributed by atoms with E-state index in [4.69, 9.17) is 0 Å². The molecule has 1 saturated carbocycles. The Morgan fingerprint density at radius 3 is 2.79 bits per heavy atom. The number of aromatic nitrogens is 2. The summed E-state index contributed by atoms with van der Waals surface area (Å²) in [4.78, 5) is 0. The first-order valence-electron chi connectivity index (χ1n) is 7.22. The molecule has 1 aromatic carbocycles. The van der Waals surface area contributed by atoms with Crippen molar-refractivity contribution in [1.29, 1.82) is 0 Å². The molecule has 0 bridgehead atoms.